The van der Waals surface area contributed by atoms with Crippen LogP contribution >= 0.6 is 7.82 Å². The van der Waals surface area contributed by atoms with E-state index in [0.717, 1.165) is 64.2 Å². The Morgan fingerprint density at radius 1 is 0.674 bits per heavy atom. The highest BCUT2D eigenvalue weighted by Gasteiger charge is 2.21. The molecule has 0 heterocycles. The van der Waals surface area contributed by atoms with Crippen molar-refractivity contribution in [3.63, 3.8) is 0 Å². The van der Waals surface area contributed by atoms with E-state index >= 15 is 0 Å². The second-order valence-electron chi connectivity index (χ2n) is 12.9. The van der Waals surface area contributed by atoms with E-state index < -0.39 is 32.5 Å². The van der Waals surface area contributed by atoms with Gasteiger partial charge in [-0.3, -0.25) is 14.2 Å². The van der Waals surface area contributed by atoms with Crippen LogP contribution in [-0.2, 0) is 32.7 Å². The maximum absolute atomic E-state index is 12.5. The van der Waals surface area contributed by atoms with Crippen LogP contribution < -0.4 is 4.89 Å². The standard InChI is InChI=1S/C36H66NO8P/c1-6-8-10-11-12-13-14-15-16-17-18-19-20-21-22-23-24-25-27-29-36(39)45-34(32-42-35(38)28-26-9-7-2)33-44-46(40,41)43-31-30-37(3,4)5/h12-13,15-16,18-19,34H,6-11,14,17,20-33H2,1-5H3/b13-12-,16-15-,19-18-. The molecular weight excluding hydrogens is 605 g/mol. The van der Waals surface area contributed by atoms with Crippen LogP contribution in [0.2, 0.25) is 0 Å². The average Bonchev–Trinajstić information content (AvgIpc) is 2.99. The largest absolute Gasteiger partial charge is 0.756 e. The third kappa shape index (κ3) is 32.2. The van der Waals surface area contributed by atoms with Crippen molar-refractivity contribution in [1.82, 2.24) is 0 Å². The number of esters is 2. The van der Waals surface area contributed by atoms with Gasteiger partial charge in [-0.15, -0.1) is 0 Å². The Labute approximate surface area is 281 Å². The van der Waals surface area contributed by atoms with Gasteiger partial charge in [-0.25, -0.2) is 0 Å². The molecule has 0 aromatic rings. The molecule has 0 aliphatic rings. The number of hydrogen-bond acceptors (Lipinski definition) is 8. The van der Waals surface area contributed by atoms with Crippen LogP contribution in [0.15, 0.2) is 36.5 Å². The second kappa shape index (κ2) is 29.4. The summed E-state index contributed by atoms with van der Waals surface area (Å²) < 4.78 is 33.3. The van der Waals surface area contributed by atoms with Gasteiger partial charge in [-0.2, -0.15) is 0 Å². The first-order valence-corrected chi connectivity index (χ1v) is 19.2. The van der Waals surface area contributed by atoms with Crippen molar-refractivity contribution in [3.05, 3.63) is 36.5 Å². The van der Waals surface area contributed by atoms with E-state index in [9.17, 15) is 19.0 Å². The van der Waals surface area contributed by atoms with E-state index in [2.05, 4.69) is 43.4 Å². The fourth-order valence-corrected chi connectivity index (χ4v) is 5.03. The van der Waals surface area contributed by atoms with Gasteiger partial charge in [0.25, 0.3) is 7.82 Å². The lowest BCUT2D eigenvalue weighted by molar-refractivity contribution is -0.870. The molecule has 2 unspecified atom stereocenters. The quantitative estimate of drug-likeness (QED) is 0.0238. The molecule has 0 radical (unpaired) electrons. The number of carbonyl (C=O) groups is 2. The Bertz CT molecular complexity index is 897. The van der Waals surface area contributed by atoms with Gasteiger partial charge in [-0.1, -0.05) is 102 Å². The molecule has 0 aromatic heterocycles. The Morgan fingerprint density at radius 2 is 1.17 bits per heavy atom. The van der Waals surface area contributed by atoms with Crippen molar-refractivity contribution in [2.24, 2.45) is 0 Å². The number of unbranched alkanes of at least 4 members (excludes halogenated alkanes) is 11. The van der Waals surface area contributed by atoms with Crippen molar-refractivity contribution in [3.8, 4) is 0 Å². The van der Waals surface area contributed by atoms with Gasteiger partial charge < -0.3 is 27.9 Å². The molecule has 268 valence electrons. The fraction of sp³-hybridized carbons (Fsp3) is 0.778. The predicted octanol–water partition coefficient (Wildman–Crippen LogP) is 8.38. The van der Waals surface area contributed by atoms with Crippen molar-refractivity contribution in [2.45, 2.75) is 136 Å². The zero-order chi connectivity index (χ0) is 34.4. The van der Waals surface area contributed by atoms with Crippen molar-refractivity contribution in [2.75, 3.05) is 47.5 Å². The Kier molecular flexibility index (Phi) is 28.2. The second-order valence-corrected chi connectivity index (χ2v) is 14.3. The molecule has 0 aliphatic heterocycles. The number of hydrogen-bond donors (Lipinski definition) is 0. The molecule has 0 rings (SSSR count). The highest BCUT2D eigenvalue weighted by atomic mass is 31.2. The number of allylic oxidation sites excluding steroid dienone is 6. The first-order chi connectivity index (χ1) is 22.0. The van der Waals surface area contributed by atoms with Gasteiger partial charge in [0, 0.05) is 12.8 Å². The summed E-state index contributed by atoms with van der Waals surface area (Å²) in [5.41, 5.74) is 0. The third-order valence-corrected chi connectivity index (χ3v) is 8.13. The minimum absolute atomic E-state index is 0.0347. The predicted molar refractivity (Wildman–Crippen MR) is 185 cm³/mol. The number of phosphoric ester groups is 1. The number of quaternary nitrogens is 1. The van der Waals surface area contributed by atoms with Crippen LogP contribution in [0.4, 0.5) is 0 Å². The third-order valence-electron chi connectivity index (χ3n) is 7.16. The number of phosphoric acid groups is 1. The number of ether oxygens (including phenoxy) is 2. The van der Waals surface area contributed by atoms with Crippen LogP contribution in [0, 0.1) is 0 Å². The molecule has 0 aliphatic carbocycles. The lowest BCUT2D eigenvalue weighted by Crippen LogP contribution is -2.37. The van der Waals surface area contributed by atoms with Gasteiger partial charge >= 0.3 is 11.9 Å². The molecule has 0 aromatic carbocycles. The maximum atomic E-state index is 12.5. The van der Waals surface area contributed by atoms with Crippen LogP contribution in [0.1, 0.15) is 129 Å². The normalized spacial score (nSPS) is 14.3. The number of rotatable bonds is 31. The summed E-state index contributed by atoms with van der Waals surface area (Å²) in [4.78, 5) is 36.7. The van der Waals surface area contributed by atoms with E-state index in [-0.39, 0.29) is 26.1 Å². The Morgan fingerprint density at radius 3 is 1.78 bits per heavy atom. The fourth-order valence-electron chi connectivity index (χ4n) is 4.31. The van der Waals surface area contributed by atoms with Gasteiger partial charge in [0.2, 0.25) is 0 Å². The van der Waals surface area contributed by atoms with Gasteiger partial charge in [0.1, 0.15) is 19.8 Å². The molecule has 0 fully saturated rings. The minimum atomic E-state index is -4.60. The Balaban J connectivity index is 4.25. The first-order valence-electron chi connectivity index (χ1n) is 17.7. The van der Waals surface area contributed by atoms with E-state index in [0.29, 0.717) is 23.9 Å². The van der Waals surface area contributed by atoms with E-state index in [1.54, 1.807) is 0 Å². The first kappa shape index (κ1) is 44.2. The smallest absolute Gasteiger partial charge is 0.306 e. The van der Waals surface area contributed by atoms with Crippen LogP contribution in [0.5, 0.6) is 0 Å². The molecule has 0 saturated heterocycles. The summed E-state index contributed by atoms with van der Waals surface area (Å²) in [5, 5.41) is 0. The summed E-state index contributed by atoms with van der Waals surface area (Å²) in [7, 11) is 1.15. The van der Waals surface area contributed by atoms with Gasteiger partial charge in [0.05, 0.1) is 27.7 Å². The van der Waals surface area contributed by atoms with E-state index in [1.165, 1.54) is 25.7 Å². The molecule has 9 nitrogen and oxygen atoms in total. The summed E-state index contributed by atoms with van der Waals surface area (Å²) in [5.74, 6) is -0.882. The highest BCUT2D eigenvalue weighted by Crippen LogP contribution is 2.38. The summed E-state index contributed by atoms with van der Waals surface area (Å²) in [6.45, 7) is 3.96. The van der Waals surface area contributed by atoms with E-state index in [1.807, 2.05) is 28.1 Å². The zero-order valence-electron chi connectivity index (χ0n) is 29.8. The monoisotopic (exact) mass is 671 g/mol. The summed E-state index contributed by atoms with van der Waals surface area (Å²) in [6, 6.07) is 0. The molecule has 0 spiro atoms. The molecule has 0 amide bonds. The van der Waals surface area contributed by atoms with Crippen molar-refractivity contribution in [1.29, 1.82) is 0 Å². The van der Waals surface area contributed by atoms with E-state index in [4.69, 9.17) is 18.5 Å². The lowest BCUT2D eigenvalue weighted by atomic mass is 10.1. The molecule has 0 saturated carbocycles. The topological polar surface area (TPSA) is 111 Å². The van der Waals surface area contributed by atoms with Gasteiger partial charge in [-0.05, 0) is 51.4 Å². The van der Waals surface area contributed by atoms with Crippen LogP contribution in [0.3, 0.4) is 0 Å². The van der Waals surface area contributed by atoms with Gasteiger partial charge in [0.15, 0.2) is 6.10 Å². The Hall–Kier alpha value is -1.77. The number of carbonyl (C=O) groups excluding carboxylic acids is 2. The van der Waals surface area contributed by atoms with Crippen LogP contribution in [0.25, 0.3) is 0 Å². The number of likely N-dealkylation sites (N-methyl/N-ethyl adjacent to an activating group) is 1. The SMILES string of the molecule is CCCCC/C=C\C/C=C\C/C=C\CCCCCCCCC(=O)OC(COC(=O)CCCCC)COP(=O)([O-])OCC[N+](C)(C)C. The molecule has 10 heteroatoms. The molecule has 46 heavy (non-hydrogen) atoms. The summed E-state index contributed by atoms with van der Waals surface area (Å²) in [6.07, 6.45) is 29.7. The number of nitrogens with zero attached hydrogens (tertiary/aromatic N) is 1. The lowest BCUT2D eigenvalue weighted by Gasteiger charge is -2.28. The zero-order valence-corrected chi connectivity index (χ0v) is 30.7. The summed E-state index contributed by atoms with van der Waals surface area (Å²) >= 11 is 0. The van der Waals surface area contributed by atoms with Crippen molar-refractivity contribution < 1.29 is 42.1 Å². The molecule has 2 atom stereocenters. The van der Waals surface area contributed by atoms with Crippen molar-refractivity contribution >= 4 is 19.8 Å². The molecule has 0 N–H and O–H groups in total. The maximum Gasteiger partial charge on any atom is 0.306 e. The van der Waals surface area contributed by atoms with Crippen LogP contribution in [-0.4, -0.2) is 70.0 Å². The molecule has 0 bridgehead atoms. The average molecular weight is 672 g/mol. The highest BCUT2D eigenvalue weighted by molar-refractivity contribution is 7.45. The molecular formula is C36H66NO8P. The minimum Gasteiger partial charge on any atom is -0.756 e.